The van der Waals surface area contributed by atoms with Gasteiger partial charge in [0.2, 0.25) is 13.0 Å². The highest BCUT2D eigenvalue weighted by molar-refractivity contribution is 6.30. The summed E-state index contributed by atoms with van der Waals surface area (Å²) in [6.45, 7) is 0.248. The molecule has 30 heavy (non-hydrogen) atoms. The van der Waals surface area contributed by atoms with Gasteiger partial charge in [0.25, 0.3) is 0 Å². The van der Waals surface area contributed by atoms with E-state index in [1.54, 1.807) is 0 Å². The molecule has 6 rings (SSSR count). The minimum atomic E-state index is -0.354. The number of rotatable bonds is 2. The van der Waals surface area contributed by atoms with E-state index in [1.807, 2.05) is 65.7 Å². The maximum Gasteiger partial charge on any atom is 0.231 e. The monoisotopic (exact) mass is 438 g/mol. The molecule has 0 unspecified atom stereocenters. The maximum atomic E-state index is 6.36. The Morgan fingerprint density at radius 2 is 1.60 bits per heavy atom. The van der Waals surface area contributed by atoms with Crippen molar-refractivity contribution in [2.75, 3.05) is 6.79 Å². The Morgan fingerprint density at radius 3 is 2.47 bits per heavy atom. The van der Waals surface area contributed by atoms with Gasteiger partial charge in [0, 0.05) is 33.2 Å². The van der Waals surface area contributed by atoms with Crippen LogP contribution < -0.4 is 14.2 Å². The maximum absolute atomic E-state index is 6.36. The van der Waals surface area contributed by atoms with Crippen LogP contribution in [0.1, 0.15) is 35.4 Å². The number of hydrogen-bond acceptors (Lipinski definition) is 5. The predicted octanol–water partition coefficient (Wildman–Crippen LogP) is 5.96. The molecule has 2 atom stereocenters. The molecule has 7 heteroatoms. The van der Waals surface area contributed by atoms with Gasteiger partial charge in [-0.05, 0) is 48.5 Å². The van der Waals surface area contributed by atoms with E-state index in [0.29, 0.717) is 10.0 Å². The van der Waals surface area contributed by atoms with Crippen molar-refractivity contribution in [3.63, 3.8) is 0 Å². The molecule has 3 aliphatic heterocycles. The first-order chi connectivity index (χ1) is 14.7. The Labute approximate surface area is 183 Å². The molecule has 0 N–H and O–H groups in total. The zero-order chi connectivity index (χ0) is 20.2. The second-order valence-corrected chi connectivity index (χ2v) is 8.29. The zero-order valence-corrected chi connectivity index (χ0v) is 17.2. The van der Waals surface area contributed by atoms with Crippen LogP contribution in [0.4, 0.5) is 0 Å². The van der Waals surface area contributed by atoms with Crippen LogP contribution in [0.5, 0.6) is 17.2 Å². The van der Waals surface area contributed by atoms with E-state index in [2.05, 4.69) is 0 Å². The topological polar surface area (TPSA) is 43.3 Å². The number of hydrogen-bond donors (Lipinski definition) is 0. The van der Waals surface area contributed by atoms with Crippen LogP contribution in [0, 0.1) is 0 Å². The molecule has 0 aromatic heterocycles. The average molecular weight is 439 g/mol. The van der Waals surface area contributed by atoms with E-state index < -0.39 is 0 Å². The third-order valence-electron chi connectivity index (χ3n) is 5.61. The Balaban J connectivity index is 1.43. The average Bonchev–Trinajstić information content (AvgIpc) is 3.41. The highest BCUT2D eigenvalue weighted by atomic mass is 35.5. The van der Waals surface area contributed by atoms with Crippen LogP contribution in [-0.4, -0.2) is 17.5 Å². The van der Waals surface area contributed by atoms with Crippen molar-refractivity contribution in [2.45, 2.75) is 18.7 Å². The molecule has 0 spiro atoms. The van der Waals surface area contributed by atoms with Crippen LogP contribution in [0.3, 0.4) is 0 Å². The normalized spacial score (nSPS) is 21.0. The molecular formula is C23H16Cl2N2O3. The first-order valence-corrected chi connectivity index (χ1v) is 10.4. The first kappa shape index (κ1) is 17.9. The van der Waals surface area contributed by atoms with Crippen molar-refractivity contribution in [2.24, 2.45) is 5.10 Å². The largest absolute Gasteiger partial charge is 0.464 e. The molecular weight excluding hydrogens is 423 g/mol. The van der Waals surface area contributed by atoms with Gasteiger partial charge in [-0.1, -0.05) is 35.3 Å². The van der Waals surface area contributed by atoms with E-state index in [4.69, 9.17) is 42.5 Å². The van der Waals surface area contributed by atoms with E-state index in [-0.39, 0.29) is 19.1 Å². The summed E-state index contributed by atoms with van der Waals surface area (Å²) in [6, 6.07) is 19.4. The van der Waals surface area contributed by atoms with E-state index in [1.165, 1.54) is 0 Å². The highest BCUT2D eigenvalue weighted by Gasteiger charge is 2.41. The fourth-order valence-corrected chi connectivity index (χ4v) is 4.46. The van der Waals surface area contributed by atoms with Gasteiger partial charge in [-0.15, -0.1) is 0 Å². The molecule has 0 bridgehead atoms. The third-order valence-corrected chi connectivity index (χ3v) is 6.10. The van der Waals surface area contributed by atoms with Crippen molar-refractivity contribution in [3.8, 4) is 17.2 Å². The summed E-state index contributed by atoms with van der Waals surface area (Å²) in [5, 5.41) is 8.35. The Bertz CT molecular complexity index is 1180. The van der Waals surface area contributed by atoms with Crippen molar-refractivity contribution in [1.29, 1.82) is 0 Å². The van der Waals surface area contributed by atoms with Gasteiger partial charge in [-0.3, -0.25) is 0 Å². The second kappa shape index (κ2) is 6.83. The van der Waals surface area contributed by atoms with Crippen LogP contribution in [0.2, 0.25) is 10.0 Å². The summed E-state index contributed by atoms with van der Waals surface area (Å²) in [4.78, 5) is 0. The summed E-state index contributed by atoms with van der Waals surface area (Å²) in [5.74, 6) is 2.33. The van der Waals surface area contributed by atoms with Crippen molar-refractivity contribution >= 4 is 28.9 Å². The third kappa shape index (κ3) is 2.89. The van der Waals surface area contributed by atoms with E-state index in [0.717, 1.165) is 46.1 Å². The molecule has 0 saturated heterocycles. The van der Waals surface area contributed by atoms with Gasteiger partial charge in [0.15, 0.2) is 11.5 Å². The molecule has 3 aromatic carbocycles. The lowest BCUT2D eigenvalue weighted by Gasteiger charge is -2.38. The van der Waals surface area contributed by atoms with Gasteiger partial charge in [0.05, 0.1) is 11.8 Å². The van der Waals surface area contributed by atoms with Crippen LogP contribution in [-0.2, 0) is 0 Å². The molecule has 150 valence electrons. The van der Waals surface area contributed by atoms with Crippen LogP contribution in [0.15, 0.2) is 65.8 Å². The highest BCUT2D eigenvalue weighted by Crippen LogP contribution is 2.48. The fourth-order valence-electron chi connectivity index (χ4n) is 4.16. The van der Waals surface area contributed by atoms with Gasteiger partial charge in [0.1, 0.15) is 5.75 Å². The number of fused-ring (bicyclic) bond motifs is 4. The minimum absolute atomic E-state index is 0.0218. The van der Waals surface area contributed by atoms with Crippen molar-refractivity contribution < 1.29 is 14.2 Å². The lowest BCUT2D eigenvalue weighted by molar-refractivity contribution is -0.0190. The Kier molecular flexibility index (Phi) is 4.08. The first-order valence-electron chi connectivity index (χ1n) is 9.63. The Hall–Kier alpha value is -2.89. The molecule has 0 amide bonds. The van der Waals surface area contributed by atoms with Gasteiger partial charge in [-0.25, -0.2) is 5.01 Å². The standard InChI is InChI=1S/C23H16Cl2N2O3/c24-15-4-1-13(2-5-15)23-27-19(17-10-16(25)6-8-20(17)30-23)11-18(26-27)14-3-7-21-22(9-14)29-12-28-21/h1-10,19,23H,11-12H2/t19-,23-/m0/s1. The molecule has 5 nitrogen and oxygen atoms in total. The fraction of sp³-hybridized carbons (Fsp3) is 0.174. The summed E-state index contributed by atoms with van der Waals surface area (Å²) >= 11 is 12.4. The summed E-state index contributed by atoms with van der Waals surface area (Å²) in [7, 11) is 0. The predicted molar refractivity (Wildman–Crippen MR) is 115 cm³/mol. The Morgan fingerprint density at radius 1 is 0.833 bits per heavy atom. The minimum Gasteiger partial charge on any atom is -0.464 e. The lowest BCUT2D eigenvalue weighted by Crippen LogP contribution is -2.33. The van der Waals surface area contributed by atoms with Crippen molar-refractivity contribution in [1.82, 2.24) is 5.01 Å². The number of nitrogens with zero attached hydrogens (tertiary/aromatic N) is 2. The van der Waals surface area contributed by atoms with E-state index >= 15 is 0 Å². The van der Waals surface area contributed by atoms with Crippen LogP contribution in [0.25, 0.3) is 0 Å². The van der Waals surface area contributed by atoms with Crippen molar-refractivity contribution in [3.05, 3.63) is 87.4 Å². The number of benzene rings is 3. The second-order valence-electron chi connectivity index (χ2n) is 7.42. The van der Waals surface area contributed by atoms with Gasteiger partial charge >= 0.3 is 0 Å². The van der Waals surface area contributed by atoms with Crippen LogP contribution >= 0.6 is 23.2 Å². The molecule has 0 radical (unpaired) electrons. The molecule has 3 heterocycles. The summed E-state index contributed by atoms with van der Waals surface area (Å²) in [6.07, 6.45) is 0.382. The number of ether oxygens (including phenoxy) is 3. The lowest BCUT2D eigenvalue weighted by atomic mass is 9.95. The SMILES string of the molecule is Clc1ccc([C@@H]2Oc3ccc(Cl)cc3[C@@H]3CC(c4ccc5c(c4)OCO5)=NN32)cc1. The summed E-state index contributed by atoms with van der Waals surface area (Å²) < 4.78 is 17.3. The molecule has 0 fully saturated rings. The molecule has 3 aliphatic rings. The number of halogens is 2. The molecule has 0 saturated carbocycles. The quantitative estimate of drug-likeness (QED) is 0.494. The summed E-state index contributed by atoms with van der Waals surface area (Å²) in [5.41, 5.74) is 3.99. The number of hydrazone groups is 1. The van der Waals surface area contributed by atoms with Gasteiger partial charge in [-0.2, -0.15) is 5.10 Å². The smallest absolute Gasteiger partial charge is 0.231 e. The van der Waals surface area contributed by atoms with E-state index in [9.17, 15) is 0 Å². The zero-order valence-electron chi connectivity index (χ0n) is 15.7. The molecule has 0 aliphatic carbocycles. The molecule has 3 aromatic rings. The van der Waals surface area contributed by atoms with Gasteiger partial charge < -0.3 is 14.2 Å².